The third-order valence-corrected chi connectivity index (χ3v) is 3.68. The van der Waals surface area contributed by atoms with Gasteiger partial charge in [-0.05, 0) is 31.2 Å². The molecule has 0 aliphatic rings. The molecule has 0 fully saturated rings. The Labute approximate surface area is 110 Å². The second kappa shape index (κ2) is 5.92. The van der Waals surface area contributed by atoms with Crippen molar-refractivity contribution in [3.63, 3.8) is 0 Å². The molecule has 0 spiro atoms. The number of hydrogen-bond acceptors (Lipinski definition) is 3. The van der Waals surface area contributed by atoms with Gasteiger partial charge in [-0.1, -0.05) is 12.1 Å². The highest BCUT2D eigenvalue weighted by Gasteiger charge is 2.30. The van der Waals surface area contributed by atoms with E-state index in [1.54, 1.807) is 7.05 Å². The Hall–Kier alpha value is -1.08. The van der Waals surface area contributed by atoms with Gasteiger partial charge in [-0.3, -0.25) is 0 Å². The van der Waals surface area contributed by atoms with Crippen LogP contribution in [0.15, 0.2) is 24.3 Å². The molecule has 0 aliphatic heterocycles. The van der Waals surface area contributed by atoms with Crippen molar-refractivity contribution in [1.29, 1.82) is 0 Å². The fourth-order valence-corrected chi connectivity index (χ4v) is 2.74. The quantitative estimate of drug-likeness (QED) is 0.902. The van der Waals surface area contributed by atoms with Crippen molar-refractivity contribution >= 4 is 9.84 Å². The summed E-state index contributed by atoms with van der Waals surface area (Å²) in [5.41, 5.74) is -0.0450. The molecule has 0 saturated carbocycles. The molecule has 1 aromatic rings. The van der Waals surface area contributed by atoms with E-state index in [1.165, 1.54) is 12.1 Å². The molecule has 19 heavy (non-hydrogen) atoms. The van der Waals surface area contributed by atoms with Gasteiger partial charge in [0.05, 0.1) is 11.3 Å². The molecule has 0 aliphatic carbocycles. The van der Waals surface area contributed by atoms with Crippen LogP contribution >= 0.6 is 0 Å². The van der Waals surface area contributed by atoms with Gasteiger partial charge in [0, 0.05) is 12.3 Å². The summed E-state index contributed by atoms with van der Waals surface area (Å²) >= 11 is 0. The van der Waals surface area contributed by atoms with Crippen LogP contribution in [0.4, 0.5) is 13.2 Å². The van der Waals surface area contributed by atoms with Gasteiger partial charge in [0.1, 0.15) is 9.84 Å². The van der Waals surface area contributed by atoms with E-state index < -0.39 is 21.6 Å². The van der Waals surface area contributed by atoms with Crippen LogP contribution in [0.5, 0.6) is 0 Å². The molecule has 1 atom stereocenters. The third kappa shape index (κ3) is 5.61. The molecule has 3 nitrogen and oxygen atoms in total. The first kappa shape index (κ1) is 16.0. The van der Waals surface area contributed by atoms with Crippen molar-refractivity contribution in [2.45, 2.75) is 18.6 Å². The first-order valence-electron chi connectivity index (χ1n) is 5.63. The van der Waals surface area contributed by atoms with Crippen LogP contribution in [0.25, 0.3) is 0 Å². The molecule has 0 saturated heterocycles. The Bertz CT molecular complexity index is 509. The van der Waals surface area contributed by atoms with Crippen molar-refractivity contribution in [3.05, 3.63) is 35.4 Å². The molecular formula is C12H16F3NO2S. The van der Waals surface area contributed by atoms with Crippen molar-refractivity contribution in [3.8, 4) is 0 Å². The molecule has 0 bridgehead atoms. The van der Waals surface area contributed by atoms with E-state index in [2.05, 4.69) is 5.32 Å². The number of alkyl halides is 3. The van der Waals surface area contributed by atoms with E-state index in [0.29, 0.717) is 12.0 Å². The minimum Gasteiger partial charge on any atom is -0.316 e. The summed E-state index contributed by atoms with van der Waals surface area (Å²) < 4.78 is 59.5. The Morgan fingerprint density at radius 2 is 1.74 bits per heavy atom. The number of nitrogens with one attached hydrogen (secondary N) is 1. The lowest BCUT2D eigenvalue weighted by Gasteiger charge is -2.15. The lowest BCUT2D eigenvalue weighted by molar-refractivity contribution is -0.137. The van der Waals surface area contributed by atoms with Crippen LogP contribution in [0, 0.1) is 0 Å². The minimum atomic E-state index is -4.35. The van der Waals surface area contributed by atoms with Crippen LogP contribution in [0.3, 0.4) is 0 Å². The van der Waals surface area contributed by atoms with Crippen LogP contribution in [0.2, 0.25) is 0 Å². The van der Waals surface area contributed by atoms with Crippen LogP contribution in [-0.2, 0) is 22.4 Å². The molecule has 0 heterocycles. The number of rotatable bonds is 5. The second-order valence-corrected chi connectivity index (χ2v) is 6.66. The second-order valence-electron chi connectivity index (χ2n) is 4.48. The fraction of sp³-hybridized carbons (Fsp3) is 0.500. The molecule has 1 aromatic carbocycles. The molecule has 1 N–H and O–H groups in total. The zero-order valence-electron chi connectivity index (χ0n) is 10.7. The van der Waals surface area contributed by atoms with Gasteiger partial charge in [0.25, 0.3) is 0 Å². The Morgan fingerprint density at radius 1 is 1.21 bits per heavy atom. The zero-order valence-corrected chi connectivity index (χ0v) is 11.5. The van der Waals surface area contributed by atoms with Gasteiger partial charge in [-0.15, -0.1) is 0 Å². The summed E-state index contributed by atoms with van der Waals surface area (Å²) in [4.78, 5) is 0. The van der Waals surface area contributed by atoms with E-state index in [0.717, 1.165) is 18.4 Å². The molecule has 0 radical (unpaired) electrons. The Morgan fingerprint density at radius 3 is 2.11 bits per heavy atom. The standard InChI is InChI=1S/C12H16F3NO2S/c1-16-11(8-19(2,17)18)7-9-3-5-10(6-4-9)12(13,14)15/h3-6,11,16H,7-8H2,1-2H3. The van der Waals surface area contributed by atoms with Crippen LogP contribution in [-0.4, -0.2) is 33.5 Å². The van der Waals surface area contributed by atoms with E-state index >= 15 is 0 Å². The largest absolute Gasteiger partial charge is 0.416 e. The maximum atomic E-state index is 12.4. The summed E-state index contributed by atoms with van der Waals surface area (Å²) in [6.07, 6.45) is -2.86. The predicted molar refractivity (Wildman–Crippen MR) is 67.7 cm³/mol. The smallest absolute Gasteiger partial charge is 0.316 e. The van der Waals surface area contributed by atoms with Gasteiger partial charge >= 0.3 is 6.18 Å². The van der Waals surface area contributed by atoms with Crippen molar-refractivity contribution in [1.82, 2.24) is 5.32 Å². The van der Waals surface area contributed by atoms with Gasteiger partial charge in [0.2, 0.25) is 0 Å². The molecule has 7 heteroatoms. The maximum absolute atomic E-state index is 12.4. The lowest BCUT2D eigenvalue weighted by atomic mass is 10.1. The fourth-order valence-electron chi connectivity index (χ4n) is 1.72. The third-order valence-electron chi connectivity index (χ3n) is 2.68. The van der Waals surface area contributed by atoms with E-state index in [9.17, 15) is 21.6 Å². The SMILES string of the molecule is CNC(Cc1ccc(C(F)(F)F)cc1)CS(C)(=O)=O. The first-order chi connectivity index (χ1) is 8.62. The van der Waals surface area contributed by atoms with Crippen molar-refractivity contribution < 1.29 is 21.6 Å². The Kier molecular flexibility index (Phi) is 4.98. The first-order valence-corrected chi connectivity index (χ1v) is 7.69. The highest BCUT2D eigenvalue weighted by molar-refractivity contribution is 7.90. The van der Waals surface area contributed by atoms with E-state index in [4.69, 9.17) is 0 Å². The number of hydrogen-bond donors (Lipinski definition) is 1. The Balaban J connectivity index is 2.76. The molecule has 108 valence electrons. The highest BCUT2D eigenvalue weighted by atomic mass is 32.2. The monoisotopic (exact) mass is 295 g/mol. The predicted octanol–water partition coefficient (Wildman–Crippen LogP) is 1.88. The number of sulfone groups is 1. The van der Waals surface area contributed by atoms with Crippen molar-refractivity contribution in [2.75, 3.05) is 19.1 Å². The molecule has 0 aromatic heterocycles. The summed E-state index contributed by atoms with van der Waals surface area (Å²) in [6, 6.07) is 4.43. The minimum absolute atomic E-state index is 0.0511. The molecule has 1 rings (SSSR count). The van der Waals surface area contributed by atoms with E-state index in [-0.39, 0.29) is 11.8 Å². The molecular weight excluding hydrogens is 279 g/mol. The summed E-state index contributed by atoms with van der Waals surface area (Å²) in [6.45, 7) is 0. The van der Waals surface area contributed by atoms with E-state index in [1.807, 2.05) is 0 Å². The summed E-state index contributed by atoms with van der Waals surface area (Å²) in [5, 5.41) is 2.85. The van der Waals surface area contributed by atoms with Gasteiger partial charge < -0.3 is 5.32 Å². The van der Waals surface area contributed by atoms with Gasteiger partial charge in [0.15, 0.2) is 0 Å². The van der Waals surface area contributed by atoms with Gasteiger partial charge in [-0.2, -0.15) is 13.2 Å². The molecule has 1 unspecified atom stereocenters. The number of benzene rings is 1. The van der Waals surface area contributed by atoms with Crippen LogP contribution < -0.4 is 5.32 Å². The number of likely N-dealkylation sites (N-methyl/N-ethyl adjacent to an activating group) is 1. The van der Waals surface area contributed by atoms with Crippen LogP contribution in [0.1, 0.15) is 11.1 Å². The summed E-state index contributed by atoms with van der Waals surface area (Å²) in [7, 11) is -1.50. The average molecular weight is 295 g/mol. The topological polar surface area (TPSA) is 46.2 Å². The average Bonchev–Trinajstić information content (AvgIpc) is 2.26. The normalized spacial score (nSPS) is 14.4. The summed E-state index contributed by atoms with van der Waals surface area (Å²) in [5.74, 6) is -0.0511. The molecule has 0 amide bonds. The number of halogens is 3. The van der Waals surface area contributed by atoms with Crippen molar-refractivity contribution in [2.24, 2.45) is 0 Å². The highest BCUT2D eigenvalue weighted by Crippen LogP contribution is 2.29. The zero-order chi connectivity index (χ0) is 14.7. The lowest BCUT2D eigenvalue weighted by Crippen LogP contribution is -2.34. The van der Waals surface area contributed by atoms with Gasteiger partial charge in [-0.25, -0.2) is 8.42 Å². The maximum Gasteiger partial charge on any atom is 0.416 e.